The molecule has 0 aromatic heterocycles. The number of carbonyl (C=O) groups excluding carboxylic acids is 1. The number of hydrogen-bond donors (Lipinski definition) is 0. The van der Waals surface area contributed by atoms with Crippen LogP contribution >= 0.6 is 11.6 Å². The molecule has 0 heterocycles. The van der Waals surface area contributed by atoms with Crippen LogP contribution in [0.1, 0.15) is 36.0 Å². The first kappa shape index (κ1) is 16.0. The Morgan fingerprint density at radius 1 is 1.29 bits per heavy atom. The molecule has 6 heteroatoms. The summed E-state index contributed by atoms with van der Waals surface area (Å²) in [6.07, 6.45) is 4.24. The zero-order valence-electron chi connectivity index (χ0n) is 11.6. The average molecular weight is 318 g/mol. The van der Waals surface area contributed by atoms with E-state index in [2.05, 4.69) is 4.74 Å². The Hall–Kier alpha value is -1.36. The number of amides is 1. The third-order valence-corrected chi connectivity index (χ3v) is 3.85. The fourth-order valence-corrected chi connectivity index (χ4v) is 2.88. The van der Waals surface area contributed by atoms with Crippen LogP contribution in [0.25, 0.3) is 0 Å². The van der Waals surface area contributed by atoms with Gasteiger partial charge in [-0.15, -0.1) is 11.6 Å². The average Bonchev–Trinajstić information content (AvgIpc) is 2.98. The van der Waals surface area contributed by atoms with Crippen LogP contribution in [-0.4, -0.2) is 35.9 Å². The first-order valence-corrected chi connectivity index (χ1v) is 7.57. The Labute approximate surface area is 127 Å². The van der Waals surface area contributed by atoms with E-state index in [1.807, 2.05) is 0 Å². The van der Waals surface area contributed by atoms with Crippen molar-refractivity contribution in [2.45, 2.75) is 38.3 Å². The van der Waals surface area contributed by atoms with Gasteiger partial charge in [0.15, 0.2) is 0 Å². The highest BCUT2D eigenvalue weighted by atomic mass is 35.5. The molecule has 3 nitrogen and oxygen atoms in total. The zero-order chi connectivity index (χ0) is 15.2. The van der Waals surface area contributed by atoms with E-state index in [9.17, 15) is 13.6 Å². The number of halogens is 3. The number of benzene rings is 1. The number of ether oxygens (including phenoxy) is 1. The Morgan fingerprint density at radius 2 is 1.90 bits per heavy atom. The lowest BCUT2D eigenvalue weighted by atomic mass is 10.1. The third-order valence-electron chi connectivity index (χ3n) is 3.68. The summed E-state index contributed by atoms with van der Waals surface area (Å²) >= 11 is 5.79. The largest absolute Gasteiger partial charge is 0.435 e. The molecule has 1 saturated carbocycles. The van der Waals surface area contributed by atoms with Gasteiger partial charge in [0.25, 0.3) is 5.91 Å². The van der Waals surface area contributed by atoms with Crippen molar-refractivity contribution >= 4 is 17.5 Å². The minimum absolute atomic E-state index is 0.0475. The summed E-state index contributed by atoms with van der Waals surface area (Å²) in [6, 6.07) is 6.01. The lowest BCUT2D eigenvalue weighted by molar-refractivity contribution is -0.0498. The summed E-state index contributed by atoms with van der Waals surface area (Å²) in [7, 11) is 0. The summed E-state index contributed by atoms with van der Waals surface area (Å²) in [6.45, 7) is -2.36. The predicted molar refractivity (Wildman–Crippen MR) is 77.1 cm³/mol. The van der Waals surface area contributed by atoms with E-state index < -0.39 is 6.61 Å². The van der Waals surface area contributed by atoms with Crippen molar-refractivity contribution in [3.05, 3.63) is 29.8 Å². The van der Waals surface area contributed by atoms with Gasteiger partial charge in [-0.25, -0.2) is 0 Å². The molecule has 1 aliphatic rings. The van der Waals surface area contributed by atoms with E-state index in [1.54, 1.807) is 4.90 Å². The Morgan fingerprint density at radius 3 is 2.43 bits per heavy atom. The molecule has 1 aliphatic carbocycles. The molecule has 21 heavy (non-hydrogen) atoms. The molecule has 1 fully saturated rings. The number of alkyl halides is 3. The van der Waals surface area contributed by atoms with Crippen LogP contribution in [0.5, 0.6) is 5.75 Å². The molecule has 0 spiro atoms. The van der Waals surface area contributed by atoms with Crippen LogP contribution in [0, 0.1) is 0 Å². The maximum Gasteiger partial charge on any atom is 0.387 e. The quantitative estimate of drug-likeness (QED) is 0.744. The number of carbonyl (C=O) groups is 1. The fourth-order valence-electron chi connectivity index (χ4n) is 2.70. The first-order valence-electron chi connectivity index (χ1n) is 7.03. The van der Waals surface area contributed by atoms with Gasteiger partial charge in [0, 0.05) is 24.0 Å². The van der Waals surface area contributed by atoms with Gasteiger partial charge in [0.2, 0.25) is 0 Å². The lowest BCUT2D eigenvalue weighted by Crippen LogP contribution is -2.40. The second-order valence-corrected chi connectivity index (χ2v) is 5.41. The van der Waals surface area contributed by atoms with E-state index in [1.165, 1.54) is 24.3 Å². The van der Waals surface area contributed by atoms with Crippen molar-refractivity contribution in [2.24, 2.45) is 0 Å². The summed E-state index contributed by atoms with van der Waals surface area (Å²) in [5, 5.41) is 0. The maximum absolute atomic E-state index is 12.5. The van der Waals surface area contributed by atoms with Gasteiger partial charge in [-0.05, 0) is 37.1 Å². The van der Waals surface area contributed by atoms with Crippen LogP contribution in [0.4, 0.5) is 8.78 Å². The van der Waals surface area contributed by atoms with Gasteiger partial charge in [-0.2, -0.15) is 8.78 Å². The molecular weight excluding hydrogens is 300 g/mol. The number of nitrogens with zero attached hydrogens (tertiary/aromatic N) is 1. The first-order chi connectivity index (χ1) is 10.1. The van der Waals surface area contributed by atoms with Crippen molar-refractivity contribution in [3.8, 4) is 5.75 Å². The molecule has 1 amide bonds. The van der Waals surface area contributed by atoms with E-state index in [0.717, 1.165) is 25.7 Å². The smallest absolute Gasteiger partial charge is 0.387 e. The Bertz CT molecular complexity index is 461. The Kier molecular flexibility index (Phi) is 5.79. The topological polar surface area (TPSA) is 29.5 Å². The molecule has 0 saturated heterocycles. The lowest BCUT2D eigenvalue weighted by Gasteiger charge is -2.28. The summed E-state index contributed by atoms with van der Waals surface area (Å²) in [5.41, 5.74) is 0.466. The molecule has 0 radical (unpaired) electrons. The van der Waals surface area contributed by atoms with Crippen molar-refractivity contribution in [3.63, 3.8) is 0 Å². The van der Waals surface area contributed by atoms with Crippen molar-refractivity contribution < 1.29 is 18.3 Å². The molecule has 0 N–H and O–H groups in total. The second-order valence-electron chi connectivity index (χ2n) is 5.03. The van der Waals surface area contributed by atoms with Crippen LogP contribution < -0.4 is 4.74 Å². The summed E-state index contributed by atoms with van der Waals surface area (Å²) < 4.78 is 28.5. The van der Waals surface area contributed by atoms with Crippen molar-refractivity contribution in [1.82, 2.24) is 4.90 Å². The van der Waals surface area contributed by atoms with Gasteiger partial charge in [0.1, 0.15) is 5.75 Å². The highest BCUT2D eigenvalue weighted by molar-refractivity contribution is 6.18. The zero-order valence-corrected chi connectivity index (χ0v) is 12.4. The van der Waals surface area contributed by atoms with Crippen molar-refractivity contribution in [2.75, 3.05) is 12.4 Å². The highest BCUT2D eigenvalue weighted by Gasteiger charge is 2.26. The van der Waals surface area contributed by atoms with Gasteiger partial charge in [-0.1, -0.05) is 12.8 Å². The van der Waals surface area contributed by atoms with Crippen molar-refractivity contribution in [1.29, 1.82) is 0 Å². The van der Waals surface area contributed by atoms with Crippen LogP contribution in [-0.2, 0) is 0 Å². The van der Waals surface area contributed by atoms with Gasteiger partial charge in [-0.3, -0.25) is 4.79 Å². The molecule has 0 unspecified atom stereocenters. The van der Waals surface area contributed by atoms with Gasteiger partial charge in [0.05, 0.1) is 0 Å². The van der Waals surface area contributed by atoms with E-state index in [-0.39, 0.29) is 17.7 Å². The minimum atomic E-state index is -2.86. The van der Waals surface area contributed by atoms with Gasteiger partial charge >= 0.3 is 6.61 Å². The molecule has 2 rings (SSSR count). The van der Waals surface area contributed by atoms with E-state index in [4.69, 9.17) is 11.6 Å². The second kappa shape index (κ2) is 7.59. The maximum atomic E-state index is 12.5. The minimum Gasteiger partial charge on any atom is -0.435 e. The molecule has 0 atom stereocenters. The molecule has 0 aliphatic heterocycles. The van der Waals surface area contributed by atoms with Crippen LogP contribution in [0.3, 0.4) is 0 Å². The van der Waals surface area contributed by atoms with Crippen LogP contribution in [0.2, 0.25) is 0 Å². The molecular formula is C15H18ClF2NO2. The highest BCUT2D eigenvalue weighted by Crippen LogP contribution is 2.25. The van der Waals surface area contributed by atoms with Crippen LogP contribution in [0.15, 0.2) is 24.3 Å². The Balaban J connectivity index is 2.08. The molecule has 116 valence electrons. The number of hydrogen-bond acceptors (Lipinski definition) is 2. The van der Waals surface area contributed by atoms with E-state index in [0.29, 0.717) is 18.0 Å². The summed E-state index contributed by atoms with van der Waals surface area (Å²) in [4.78, 5) is 14.3. The normalized spacial score (nSPS) is 15.4. The van der Waals surface area contributed by atoms with Gasteiger partial charge < -0.3 is 9.64 Å². The molecule has 0 bridgehead atoms. The monoisotopic (exact) mass is 317 g/mol. The fraction of sp³-hybridized carbons (Fsp3) is 0.533. The SMILES string of the molecule is O=C(c1ccc(OC(F)F)cc1)N(CCCl)C1CCCC1. The third kappa shape index (κ3) is 4.30. The number of rotatable bonds is 6. The molecule has 1 aromatic carbocycles. The predicted octanol–water partition coefficient (Wildman–Crippen LogP) is 3.91. The standard InChI is InChI=1S/C15H18ClF2NO2/c16-9-10-19(12-3-1-2-4-12)14(20)11-5-7-13(8-6-11)21-15(17)18/h5-8,12,15H,1-4,9-10H2. The van der Waals surface area contributed by atoms with E-state index >= 15 is 0 Å². The molecule has 1 aromatic rings. The summed E-state index contributed by atoms with van der Waals surface area (Å²) in [5.74, 6) is 0.326.